The van der Waals surface area contributed by atoms with Gasteiger partial charge in [-0.15, -0.1) is 0 Å². The number of nitrogens with zero attached hydrogens (tertiary/aromatic N) is 2. The smallest absolute Gasteiger partial charge is 0.226 e. The highest BCUT2D eigenvalue weighted by Crippen LogP contribution is 2.17. The van der Waals surface area contributed by atoms with Crippen molar-refractivity contribution < 1.29 is 9.84 Å². The molecular weight excluding hydrogens is 230 g/mol. The molecule has 0 aliphatic carbocycles. The zero-order chi connectivity index (χ0) is 13.0. The Morgan fingerprint density at radius 3 is 2.78 bits per heavy atom. The highest BCUT2D eigenvalue weighted by Gasteiger charge is 2.04. The van der Waals surface area contributed by atoms with Crippen molar-refractivity contribution in [2.45, 2.75) is 13.5 Å². The first kappa shape index (κ1) is 12.2. The average Bonchev–Trinajstić information content (AvgIpc) is 2.37. The second-order valence-electron chi connectivity index (χ2n) is 3.86. The monoisotopic (exact) mass is 245 g/mol. The number of methoxy groups -OCH3 is 1. The molecule has 0 unspecified atom stereocenters. The lowest BCUT2D eigenvalue weighted by atomic mass is 10.2. The van der Waals surface area contributed by atoms with Crippen LogP contribution in [0.25, 0.3) is 0 Å². The molecule has 2 rings (SSSR count). The molecule has 0 aliphatic rings. The summed E-state index contributed by atoms with van der Waals surface area (Å²) in [5.74, 6) is 1.25. The van der Waals surface area contributed by atoms with E-state index in [0.29, 0.717) is 18.4 Å². The number of anilines is 1. The van der Waals surface area contributed by atoms with Crippen LogP contribution in [0.1, 0.15) is 11.3 Å². The molecule has 0 aliphatic heterocycles. The molecule has 0 saturated carbocycles. The van der Waals surface area contributed by atoms with E-state index in [9.17, 15) is 5.11 Å². The first-order chi connectivity index (χ1) is 8.69. The standard InChI is InChI=1S/C13H15N3O2/c1-9-7-12(18-2)16-13(15-9)14-8-10-5-3-4-6-11(10)17/h3-7,17H,8H2,1-2H3,(H,14,15,16). The largest absolute Gasteiger partial charge is 0.508 e. The first-order valence-electron chi connectivity index (χ1n) is 5.59. The molecule has 2 aromatic rings. The Bertz CT molecular complexity index is 544. The molecule has 0 amide bonds. The highest BCUT2D eigenvalue weighted by molar-refractivity contribution is 5.37. The van der Waals surface area contributed by atoms with Gasteiger partial charge in [0.15, 0.2) is 0 Å². The maximum absolute atomic E-state index is 9.64. The van der Waals surface area contributed by atoms with Crippen molar-refractivity contribution in [2.24, 2.45) is 0 Å². The molecule has 1 aromatic carbocycles. The lowest BCUT2D eigenvalue weighted by molar-refractivity contribution is 0.397. The normalized spacial score (nSPS) is 10.1. The number of nitrogens with one attached hydrogen (secondary N) is 1. The molecule has 94 valence electrons. The van der Waals surface area contributed by atoms with Crippen LogP contribution < -0.4 is 10.1 Å². The van der Waals surface area contributed by atoms with Crippen molar-refractivity contribution in [3.05, 3.63) is 41.6 Å². The number of phenols is 1. The van der Waals surface area contributed by atoms with Gasteiger partial charge in [0.1, 0.15) is 5.75 Å². The number of hydrogen-bond acceptors (Lipinski definition) is 5. The molecule has 0 radical (unpaired) electrons. The number of ether oxygens (including phenoxy) is 1. The lowest BCUT2D eigenvalue weighted by Gasteiger charge is -2.08. The molecule has 1 heterocycles. The topological polar surface area (TPSA) is 67.3 Å². The maximum atomic E-state index is 9.64. The van der Waals surface area contributed by atoms with Crippen LogP contribution in [0.2, 0.25) is 0 Å². The Balaban J connectivity index is 2.11. The van der Waals surface area contributed by atoms with Gasteiger partial charge in [0.05, 0.1) is 7.11 Å². The molecule has 5 heteroatoms. The zero-order valence-corrected chi connectivity index (χ0v) is 10.3. The van der Waals surface area contributed by atoms with Crippen molar-refractivity contribution >= 4 is 5.95 Å². The van der Waals surface area contributed by atoms with E-state index in [1.807, 2.05) is 19.1 Å². The molecule has 18 heavy (non-hydrogen) atoms. The molecule has 0 atom stereocenters. The number of para-hydroxylation sites is 1. The third kappa shape index (κ3) is 2.88. The molecule has 5 nitrogen and oxygen atoms in total. The van der Waals surface area contributed by atoms with E-state index in [4.69, 9.17) is 4.74 Å². The van der Waals surface area contributed by atoms with Crippen molar-refractivity contribution in [1.82, 2.24) is 9.97 Å². The van der Waals surface area contributed by atoms with Crippen LogP contribution in [0.15, 0.2) is 30.3 Å². The van der Waals surface area contributed by atoms with Crippen molar-refractivity contribution in [3.8, 4) is 11.6 Å². The number of benzene rings is 1. The minimum absolute atomic E-state index is 0.254. The Kier molecular flexibility index (Phi) is 3.62. The average molecular weight is 245 g/mol. The van der Waals surface area contributed by atoms with Crippen molar-refractivity contribution in [2.75, 3.05) is 12.4 Å². The summed E-state index contributed by atoms with van der Waals surface area (Å²) in [4.78, 5) is 8.41. The fourth-order valence-corrected chi connectivity index (χ4v) is 1.56. The summed E-state index contributed by atoms with van der Waals surface area (Å²) >= 11 is 0. The number of aromatic nitrogens is 2. The van der Waals surface area contributed by atoms with E-state index in [2.05, 4.69) is 15.3 Å². The Morgan fingerprint density at radius 2 is 2.06 bits per heavy atom. The quantitative estimate of drug-likeness (QED) is 0.863. The van der Waals surface area contributed by atoms with Gasteiger partial charge in [-0.3, -0.25) is 0 Å². The van der Waals surface area contributed by atoms with Crippen LogP contribution in [0.5, 0.6) is 11.6 Å². The molecule has 0 fully saturated rings. The number of aromatic hydroxyl groups is 1. The van der Waals surface area contributed by atoms with Crippen LogP contribution in [0.3, 0.4) is 0 Å². The van der Waals surface area contributed by atoms with Gasteiger partial charge in [-0.1, -0.05) is 18.2 Å². The second kappa shape index (κ2) is 5.35. The van der Waals surface area contributed by atoms with Gasteiger partial charge in [-0.2, -0.15) is 4.98 Å². The molecule has 1 aromatic heterocycles. The SMILES string of the molecule is COc1cc(C)nc(NCc2ccccc2O)n1. The summed E-state index contributed by atoms with van der Waals surface area (Å²) in [6.45, 7) is 2.33. The lowest BCUT2D eigenvalue weighted by Crippen LogP contribution is -2.05. The summed E-state index contributed by atoms with van der Waals surface area (Å²) in [6, 6.07) is 8.90. The highest BCUT2D eigenvalue weighted by atomic mass is 16.5. The third-order valence-corrected chi connectivity index (χ3v) is 2.47. The summed E-state index contributed by atoms with van der Waals surface area (Å²) in [5.41, 5.74) is 1.61. The van der Waals surface area contributed by atoms with Crippen LogP contribution in [0.4, 0.5) is 5.95 Å². The molecule has 2 N–H and O–H groups in total. The summed E-state index contributed by atoms with van der Waals surface area (Å²) in [6.07, 6.45) is 0. The first-order valence-corrected chi connectivity index (χ1v) is 5.59. The number of rotatable bonds is 4. The van der Waals surface area contributed by atoms with E-state index in [1.54, 1.807) is 25.3 Å². The van der Waals surface area contributed by atoms with Crippen LogP contribution >= 0.6 is 0 Å². The fourth-order valence-electron chi connectivity index (χ4n) is 1.56. The Hall–Kier alpha value is -2.30. The Morgan fingerprint density at radius 1 is 1.28 bits per heavy atom. The van der Waals surface area contributed by atoms with E-state index in [0.717, 1.165) is 11.3 Å². The predicted octanol–water partition coefficient (Wildman–Crippen LogP) is 2.11. The number of hydrogen-bond donors (Lipinski definition) is 2. The second-order valence-corrected chi connectivity index (χ2v) is 3.86. The summed E-state index contributed by atoms with van der Waals surface area (Å²) < 4.78 is 5.07. The van der Waals surface area contributed by atoms with Gasteiger partial charge in [-0.05, 0) is 13.0 Å². The minimum atomic E-state index is 0.254. The fraction of sp³-hybridized carbons (Fsp3) is 0.231. The van der Waals surface area contributed by atoms with E-state index >= 15 is 0 Å². The number of aryl methyl sites for hydroxylation is 1. The van der Waals surface area contributed by atoms with Gasteiger partial charge < -0.3 is 15.2 Å². The van der Waals surface area contributed by atoms with Crippen LogP contribution in [-0.2, 0) is 6.54 Å². The van der Waals surface area contributed by atoms with Gasteiger partial charge >= 0.3 is 0 Å². The third-order valence-electron chi connectivity index (χ3n) is 2.47. The predicted molar refractivity (Wildman–Crippen MR) is 68.8 cm³/mol. The molecule has 0 bridgehead atoms. The van der Waals surface area contributed by atoms with Crippen LogP contribution in [0, 0.1) is 6.92 Å². The van der Waals surface area contributed by atoms with Crippen molar-refractivity contribution in [1.29, 1.82) is 0 Å². The number of phenolic OH excluding ortho intramolecular Hbond substituents is 1. The van der Waals surface area contributed by atoms with E-state index in [-0.39, 0.29) is 5.75 Å². The molecular formula is C13H15N3O2. The molecule has 0 spiro atoms. The van der Waals surface area contributed by atoms with Gasteiger partial charge in [0.25, 0.3) is 0 Å². The van der Waals surface area contributed by atoms with Gasteiger partial charge in [-0.25, -0.2) is 4.98 Å². The summed E-state index contributed by atoms with van der Waals surface area (Å²) in [7, 11) is 1.56. The van der Waals surface area contributed by atoms with Crippen LogP contribution in [-0.4, -0.2) is 22.2 Å². The van der Waals surface area contributed by atoms with E-state index < -0.39 is 0 Å². The van der Waals surface area contributed by atoms with E-state index in [1.165, 1.54) is 0 Å². The maximum Gasteiger partial charge on any atom is 0.226 e. The minimum Gasteiger partial charge on any atom is -0.508 e. The molecule has 0 saturated heterocycles. The summed E-state index contributed by atoms with van der Waals surface area (Å²) in [5, 5.41) is 12.7. The zero-order valence-electron chi connectivity index (χ0n) is 10.3. The Labute approximate surface area is 105 Å². The van der Waals surface area contributed by atoms with Gasteiger partial charge in [0.2, 0.25) is 11.8 Å². The van der Waals surface area contributed by atoms with Crippen molar-refractivity contribution in [3.63, 3.8) is 0 Å². The van der Waals surface area contributed by atoms with Gasteiger partial charge in [0, 0.05) is 23.9 Å².